The number of carbonyl (C=O) groups is 2. The molecule has 0 bridgehead atoms. The fraction of sp³-hybridized carbons (Fsp3) is 0.308. The summed E-state index contributed by atoms with van der Waals surface area (Å²) in [6.07, 6.45) is 0. The Hall–Kier alpha value is -2.26. The van der Waals surface area contributed by atoms with E-state index in [4.69, 9.17) is 10.3 Å². The van der Waals surface area contributed by atoms with E-state index in [0.29, 0.717) is 0 Å². The number of hydrogen-bond acceptors (Lipinski definition) is 3. The van der Waals surface area contributed by atoms with Crippen LogP contribution in [0.1, 0.15) is 19.4 Å². The summed E-state index contributed by atoms with van der Waals surface area (Å²) in [5.74, 6) is -1.89. The zero-order valence-corrected chi connectivity index (χ0v) is 10.3. The topological polar surface area (TPSA) is 79.8 Å². The molecule has 5 nitrogen and oxygen atoms in total. The maximum atomic E-state index is 11.6. The van der Waals surface area contributed by atoms with Gasteiger partial charge in [0.2, 0.25) is 0 Å². The average Bonchev–Trinajstić information content (AvgIpc) is 2.38. The maximum absolute atomic E-state index is 11.6. The number of Topliss-reactive ketones (excluding diaryl/α,β-unsaturated/α-hetero) is 1. The predicted molar refractivity (Wildman–Crippen MR) is 64.7 cm³/mol. The molecule has 0 N–H and O–H groups in total. The van der Waals surface area contributed by atoms with Gasteiger partial charge < -0.3 is 10.3 Å². The van der Waals surface area contributed by atoms with Crippen LogP contribution in [0.3, 0.4) is 0 Å². The summed E-state index contributed by atoms with van der Waals surface area (Å²) in [7, 11) is 0. The van der Waals surface area contributed by atoms with Gasteiger partial charge in [-0.2, -0.15) is 4.79 Å². The zero-order valence-electron chi connectivity index (χ0n) is 10.3. The van der Waals surface area contributed by atoms with Crippen molar-refractivity contribution in [2.45, 2.75) is 20.5 Å². The summed E-state index contributed by atoms with van der Waals surface area (Å²) in [4.78, 5) is 25.8. The SMILES string of the molecule is CC(C)C(=O)C(=[N+]=[N-])C(=O)OCc1ccccc1. The predicted octanol–water partition coefficient (Wildman–Crippen LogP) is 1.63. The number of ether oxygens (including phenoxy) is 1. The molecular weight excluding hydrogens is 232 g/mol. The molecule has 1 aromatic rings. The van der Waals surface area contributed by atoms with E-state index >= 15 is 0 Å². The summed E-state index contributed by atoms with van der Waals surface area (Å²) in [6.45, 7) is 3.25. The van der Waals surface area contributed by atoms with Crippen molar-refractivity contribution in [1.82, 2.24) is 0 Å². The lowest BCUT2D eigenvalue weighted by atomic mass is 10.1. The molecule has 94 valence electrons. The summed E-state index contributed by atoms with van der Waals surface area (Å²) in [6, 6.07) is 9.03. The lowest BCUT2D eigenvalue weighted by Gasteiger charge is -2.02. The number of benzene rings is 1. The van der Waals surface area contributed by atoms with Crippen LogP contribution in [-0.4, -0.2) is 22.3 Å². The van der Waals surface area contributed by atoms with Crippen molar-refractivity contribution in [3.63, 3.8) is 0 Å². The van der Waals surface area contributed by atoms with E-state index in [0.717, 1.165) is 5.56 Å². The third-order valence-electron chi connectivity index (χ3n) is 2.26. The molecule has 0 aliphatic carbocycles. The van der Waals surface area contributed by atoms with Gasteiger partial charge in [-0.15, -0.1) is 0 Å². The Labute approximate surface area is 105 Å². The Kier molecular flexibility index (Phi) is 4.96. The number of rotatable bonds is 5. The Morgan fingerprint density at radius 1 is 1.28 bits per heavy atom. The zero-order chi connectivity index (χ0) is 13.5. The standard InChI is InChI=1S/C13H14N2O3/c1-9(2)12(16)11(15-14)13(17)18-8-10-6-4-3-5-7-10/h3-7,9H,8H2,1-2H3. The van der Waals surface area contributed by atoms with Crippen LogP contribution in [0.4, 0.5) is 0 Å². The molecule has 0 amide bonds. The first kappa shape index (κ1) is 13.8. The van der Waals surface area contributed by atoms with Crippen molar-refractivity contribution < 1.29 is 19.1 Å². The molecule has 0 aliphatic heterocycles. The highest BCUT2D eigenvalue weighted by Crippen LogP contribution is 2.02. The Morgan fingerprint density at radius 3 is 2.39 bits per heavy atom. The van der Waals surface area contributed by atoms with Crippen LogP contribution in [0, 0.1) is 5.92 Å². The van der Waals surface area contributed by atoms with Crippen molar-refractivity contribution >= 4 is 17.5 Å². The maximum Gasteiger partial charge on any atom is 0.441 e. The first-order chi connectivity index (χ1) is 8.56. The van der Waals surface area contributed by atoms with Crippen LogP contribution < -0.4 is 0 Å². The van der Waals surface area contributed by atoms with Gasteiger partial charge in [0.05, 0.1) is 0 Å². The van der Waals surface area contributed by atoms with Gasteiger partial charge in [0.25, 0.3) is 5.78 Å². The average molecular weight is 246 g/mol. The van der Waals surface area contributed by atoms with Gasteiger partial charge in [-0.1, -0.05) is 44.2 Å². The van der Waals surface area contributed by atoms with Crippen LogP contribution in [0.5, 0.6) is 0 Å². The normalized spacial score (nSPS) is 9.72. The summed E-state index contributed by atoms with van der Waals surface area (Å²) < 4.78 is 4.90. The molecule has 0 atom stereocenters. The number of esters is 1. The molecular formula is C13H14N2O3. The molecule has 0 fully saturated rings. The van der Waals surface area contributed by atoms with Crippen LogP contribution in [0.15, 0.2) is 30.3 Å². The van der Waals surface area contributed by atoms with Gasteiger partial charge in [0.1, 0.15) is 6.61 Å². The van der Waals surface area contributed by atoms with Gasteiger partial charge in [-0.25, -0.2) is 4.79 Å². The third kappa shape index (κ3) is 3.64. The van der Waals surface area contributed by atoms with Crippen LogP contribution in [0.25, 0.3) is 5.53 Å². The number of ketones is 1. The van der Waals surface area contributed by atoms with E-state index in [1.165, 1.54) is 0 Å². The molecule has 18 heavy (non-hydrogen) atoms. The van der Waals surface area contributed by atoms with Gasteiger partial charge in [-0.05, 0) is 5.56 Å². The molecule has 1 rings (SSSR count). The van der Waals surface area contributed by atoms with Crippen molar-refractivity contribution in [2.75, 3.05) is 0 Å². The van der Waals surface area contributed by atoms with Crippen LogP contribution in [0.2, 0.25) is 0 Å². The van der Waals surface area contributed by atoms with Crippen molar-refractivity contribution in [2.24, 2.45) is 5.92 Å². The lowest BCUT2D eigenvalue weighted by molar-refractivity contribution is -0.143. The second-order valence-corrected chi connectivity index (χ2v) is 4.03. The quantitative estimate of drug-likeness (QED) is 0.260. The number of carbonyl (C=O) groups excluding carboxylic acids is 2. The summed E-state index contributed by atoms with van der Waals surface area (Å²) >= 11 is 0. The fourth-order valence-electron chi connectivity index (χ4n) is 1.26. The first-order valence-electron chi connectivity index (χ1n) is 5.53. The van der Waals surface area contributed by atoms with E-state index in [1.54, 1.807) is 26.0 Å². The van der Waals surface area contributed by atoms with E-state index in [1.807, 2.05) is 18.2 Å². The van der Waals surface area contributed by atoms with Crippen molar-refractivity contribution in [3.05, 3.63) is 41.4 Å². The molecule has 0 unspecified atom stereocenters. The minimum Gasteiger partial charge on any atom is -0.452 e. The molecule has 0 aliphatic rings. The Morgan fingerprint density at radius 2 is 1.89 bits per heavy atom. The summed E-state index contributed by atoms with van der Waals surface area (Å²) in [5.41, 5.74) is 8.90. The molecule has 1 aromatic carbocycles. The minimum atomic E-state index is -0.917. The smallest absolute Gasteiger partial charge is 0.441 e. The number of nitrogens with zero attached hydrogens (tertiary/aromatic N) is 2. The van der Waals surface area contributed by atoms with Crippen molar-refractivity contribution in [1.29, 1.82) is 0 Å². The highest BCUT2D eigenvalue weighted by Gasteiger charge is 2.32. The molecule has 5 heteroatoms. The molecule has 0 spiro atoms. The molecule has 0 heterocycles. The van der Waals surface area contributed by atoms with E-state index in [9.17, 15) is 9.59 Å². The largest absolute Gasteiger partial charge is 0.452 e. The van der Waals surface area contributed by atoms with Crippen molar-refractivity contribution in [3.8, 4) is 0 Å². The van der Waals surface area contributed by atoms with Crippen LogP contribution in [-0.2, 0) is 20.9 Å². The minimum absolute atomic E-state index is 0.0318. The number of hydrogen-bond donors (Lipinski definition) is 0. The highest BCUT2D eigenvalue weighted by atomic mass is 16.5. The van der Waals surface area contributed by atoms with Gasteiger partial charge in [0.15, 0.2) is 0 Å². The Bertz CT molecular complexity index is 488. The lowest BCUT2D eigenvalue weighted by Crippen LogP contribution is -2.30. The van der Waals surface area contributed by atoms with Gasteiger partial charge in [0, 0.05) is 5.92 Å². The highest BCUT2D eigenvalue weighted by molar-refractivity contribution is 6.62. The van der Waals surface area contributed by atoms with E-state index in [-0.39, 0.29) is 6.61 Å². The van der Waals surface area contributed by atoms with Gasteiger partial charge in [-0.3, -0.25) is 4.79 Å². The summed E-state index contributed by atoms with van der Waals surface area (Å²) in [5, 5.41) is 0. The second-order valence-electron chi connectivity index (χ2n) is 4.03. The first-order valence-corrected chi connectivity index (χ1v) is 5.53. The molecule has 0 aromatic heterocycles. The van der Waals surface area contributed by atoms with Crippen LogP contribution >= 0.6 is 0 Å². The fourth-order valence-corrected chi connectivity index (χ4v) is 1.26. The Balaban J connectivity index is 2.65. The van der Waals surface area contributed by atoms with E-state index < -0.39 is 23.4 Å². The molecule has 0 saturated heterocycles. The van der Waals surface area contributed by atoms with E-state index in [2.05, 4.69) is 4.79 Å². The van der Waals surface area contributed by atoms with Gasteiger partial charge >= 0.3 is 11.7 Å². The second kappa shape index (κ2) is 6.47. The third-order valence-corrected chi connectivity index (χ3v) is 2.26. The molecule has 0 saturated carbocycles. The monoisotopic (exact) mass is 246 g/mol. The molecule has 0 radical (unpaired) electrons.